The molecule has 1 aliphatic rings. The average Bonchev–Trinajstić information content (AvgIpc) is 2.67. The summed E-state index contributed by atoms with van der Waals surface area (Å²) in [6, 6.07) is 9.08. The second-order valence-electron chi connectivity index (χ2n) is 3.16. The van der Waals surface area contributed by atoms with E-state index in [9.17, 15) is 8.42 Å². The minimum Gasteiger partial charge on any atom is -0.373 e. The highest BCUT2D eigenvalue weighted by atomic mass is 32.2. The van der Waals surface area contributed by atoms with Crippen molar-refractivity contribution in [1.29, 1.82) is 0 Å². The fraction of sp³-hybridized carbons (Fsp3) is 0.222. The van der Waals surface area contributed by atoms with Crippen LogP contribution < -0.4 is 0 Å². The molecule has 0 saturated heterocycles. The highest BCUT2D eigenvalue weighted by Crippen LogP contribution is 2.19. The fourth-order valence-corrected chi connectivity index (χ4v) is 1.84. The smallest absolute Gasteiger partial charge is 0.306 e. The number of benzene rings is 1. The molecule has 1 N–H and O–H groups in total. The van der Waals surface area contributed by atoms with Gasteiger partial charge in [0.15, 0.2) is 0 Å². The maximum atomic E-state index is 10.8. The minimum atomic E-state index is -4.18. The van der Waals surface area contributed by atoms with E-state index in [0.29, 0.717) is 5.71 Å². The summed E-state index contributed by atoms with van der Waals surface area (Å²) in [6.07, 6.45) is 0.0723. The largest absolute Gasteiger partial charge is 0.373 e. The van der Waals surface area contributed by atoms with Gasteiger partial charge in [0.1, 0.15) is 0 Å². The number of rotatable bonds is 2. The van der Waals surface area contributed by atoms with Gasteiger partial charge in [-0.2, -0.15) is 8.42 Å². The van der Waals surface area contributed by atoms with Crippen molar-refractivity contribution in [2.45, 2.75) is 11.9 Å². The Morgan fingerprint density at radius 3 is 2.53 bits per heavy atom. The number of oxime groups is 1. The molecule has 0 saturated carbocycles. The van der Waals surface area contributed by atoms with E-state index in [1.54, 1.807) is 12.1 Å². The second kappa shape index (κ2) is 3.63. The van der Waals surface area contributed by atoms with E-state index >= 15 is 0 Å². The highest BCUT2D eigenvalue weighted by Gasteiger charge is 2.32. The first-order valence-corrected chi connectivity index (χ1v) is 5.82. The molecule has 1 unspecified atom stereocenters. The second-order valence-corrected chi connectivity index (χ2v) is 4.71. The first kappa shape index (κ1) is 10.1. The van der Waals surface area contributed by atoms with Gasteiger partial charge in [-0.25, -0.2) is 0 Å². The lowest BCUT2D eigenvalue weighted by molar-refractivity contribution is 0.133. The zero-order valence-corrected chi connectivity index (χ0v) is 8.52. The molecule has 0 radical (unpaired) electrons. The number of nitrogens with zero attached hydrogens (tertiary/aromatic N) is 1. The van der Waals surface area contributed by atoms with Crippen molar-refractivity contribution in [1.82, 2.24) is 0 Å². The summed E-state index contributed by atoms with van der Waals surface area (Å²) in [6.45, 7) is 0. The predicted octanol–water partition coefficient (Wildman–Crippen LogP) is 1.02. The molecular weight excluding hydrogens is 218 g/mol. The van der Waals surface area contributed by atoms with Gasteiger partial charge in [0.05, 0.1) is 12.1 Å². The molecule has 0 aliphatic carbocycles. The summed E-state index contributed by atoms with van der Waals surface area (Å²) in [4.78, 5) is 4.63. The zero-order chi connectivity index (χ0) is 10.9. The molecule has 1 aromatic carbocycles. The molecule has 15 heavy (non-hydrogen) atoms. The molecule has 1 aliphatic heterocycles. The molecule has 6 heteroatoms. The van der Waals surface area contributed by atoms with Gasteiger partial charge in [-0.3, -0.25) is 4.55 Å². The molecule has 80 valence electrons. The Morgan fingerprint density at radius 2 is 2.00 bits per heavy atom. The summed E-state index contributed by atoms with van der Waals surface area (Å²) in [5.41, 5.74) is 0.0505. The summed E-state index contributed by atoms with van der Waals surface area (Å²) < 4.78 is 30.3. The third-order valence-corrected chi connectivity index (χ3v) is 3.00. The zero-order valence-electron chi connectivity index (χ0n) is 7.70. The van der Waals surface area contributed by atoms with Crippen LogP contribution in [-0.2, 0) is 15.0 Å². The minimum absolute atomic E-state index is 0.0723. The molecule has 1 aromatic rings. The third-order valence-electron chi connectivity index (χ3n) is 2.08. The van der Waals surface area contributed by atoms with Gasteiger partial charge in [-0.1, -0.05) is 35.5 Å². The quantitative estimate of drug-likeness (QED) is 0.765. The van der Waals surface area contributed by atoms with Crippen molar-refractivity contribution in [3.05, 3.63) is 35.9 Å². The summed E-state index contributed by atoms with van der Waals surface area (Å²) >= 11 is 0. The van der Waals surface area contributed by atoms with Gasteiger partial charge < -0.3 is 4.84 Å². The first-order valence-electron chi connectivity index (χ1n) is 4.32. The molecule has 0 aromatic heterocycles. The Kier molecular flexibility index (Phi) is 2.45. The Labute approximate surface area is 87.1 Å². The fourth-order valence-electron chi connectivity index (χ4n) is 1.32. The van der Waals surface area contributed by atoms with Crippen molar-refractivity contribution in [2.24, 2.45) is 5.16 Å². The van der Waals surface area contributed by atoms with E-state index < -0.39 is 15.6 Å². The van der Waals surface area contributed by atoms with Crippen molar-refractivity contribution in [3.63, 3.8) is 0 Å². The number of hydrogen-bond donors (Lipinski definition) is 1. The lowest BCUT2D eigenvalue weighted by Crippen LogP contribution is -2.20. The van der Waals surface area contributed by atoms with Crippen LogP contribution >= 0.6 is 0 Å². The van der Waals surface area contributed by atoms with Crippen LogP contribution in [0.25, 0.3) is 0 Å². The van der Waals surface area contributed by atoms with E-state index in [1.165, 1.54) is 0 Å². The van der Waals surface area contributed by atoms with Gasteiger partial charge in [0, 0.05) is 0 Å². The molecule has 0 spiro atoms. The maximum Gasteiger partial charge on any atom is 0.306 e. The first-order chi connectivity index (χ1) is 7.07. The van der Waals surface area contributed by atoms with E-state index in [0.717, 1.165) is 5.56 Å². The van der Waals surface area contributed by atoms with Crippen LogP contribution in [0.15, 0.2) is 35.5 Å². The Morgan fingerprint density at radius 1 is 1.33 bits per heavy atom. The van der Waals surface area contributed by atoms with Crippen molar-refractivity contribution in [3.8, 4) is 0 Å². The SMILES string of the molecule is O=S(=O)(O)C1CC(c2ccccc2)=NO1. The van der Waals surface area contributed by atoms with Gasteiger partial charge in [0.25, 0.3) is 5.44 Å². The highest BCUT2D eigenvalue weighted by molar-refractivity contribution is 7.86. The van der Waals surface area contributed by atoms with Crippen LogP contribution in [0, 0.1) is 0 Å². The van der Waals surface area contributed by atoms with E-state index in [1.807, 2.05) is 18.2 Å². The van der Waals surface area contributed by atoms with E-state index in [-0.39, 0.29) is 6.42 Å². The van der Waals surface area contributed by atoms with Crippen LogP contribution in [0.1, 0.15) is 12.0 Å². The lowest BCUT2D eigenvalue weighted by atomic mass is 10.1. The van der Waals surface area contributed by atoms with E-state index in [4.69, 9.17) is 4.55 Å². The molecule has 0 fully saturated rings. The van der Waals surface area contributed by atoms with Crippen molar-refractivity contribution in [2.75, 3.05) is 0 Å². The number of hydrogen-bond acceptors (Lipinski definition) is 4. The van der Waals surface area contributed by atoms with Crippen LogP contribution in [0.4, 0.5) is 0 Å². The maximum absolute atomic E-state index is 10.8. The summed E-state index contributed by atoms with van der Waals surface area (Å²) in [7, 11) is -4.18. The molecule has 0 amide bonds. The molecule has 5 nitrogen and oxygen atoms in total. The van der Waals surface area contributed by atoms with Crippen molar-refractivity contribution < 1.29 is 17.8 Å². The topological polar surface area (TPSA) is 76.0 Å². The predicted molar refractivity (Wildman–Crippen MR) is 54.0 cm³/mol. The van der Waals surface area contributed by atoms with Gasteiger partial charge in [-0.05, 0) is 5.56 Å². The molecule has 1 heterocycles. The Hall–Kier alpha value is -1.40. The van der Waals surface area contributed by atoms with Crippen LogP contribution in [-0.4, -0.2) is 24.1 Å². The van der Waals surface area contributed by atoms with Crippen LogP contribution in [0.3, 0.4) is 0 Å². The standard InChI is InChI=1S/C9H9NO4S/c11-15(12,13)9-6-8(10-14-9)7-4-2-1-3-5-7/h1-5,9H,6H2,(H,11,12,13). The Balaban J connectivity index is 2.18. The van der Waals surface area contributed by atoms with Crippen LogP contribution in [0.5, 0.6) is 0 Å². The van der Waals surface area contributed by atoms with E-state index in [2.05, 4.69) is 9.99 Å². The molecular formula is C9H9NO4S. The molecule has 0 bridgehead atoms. The Bertz CT molecular complexity index is 480. The lowest BCUT2D eigenvalue weighted by Gasteiger charge is -2.02. The summed E-state index contributed by atoms with van der Waals surface area (Å²) in [5, 5.41) is 3.63. The molecule has 2 rings (SSSR count). The average molecular weight is 227 g/mol. The van der Waals surface area contributed by atoms with Crippen molar-refractivity contribution >= 4 is 15.8 Å². The van der Waals surface area contributed by atoms with Gasteiger partial charge in [0.2, 0.25) is 0 Å². The van der Waals surface area contributed by atoms with Crippen LogP contribution in [0.2, 0.25) is 0 Å². The van der Waals surface area contributed by atoms with Gasteiger partial charge in [-0.15, -0.1) is 0 Å². The normalized spacial score (nSPS) is 20.9. The summed E-state index contributed by atoms with van der Waals surface area (Å²) in [5.74, 6) is 0. The molecule has 1 atom stereocenters. The van der Waals surface area contributed by atoms with Gasteiger partial charge >= 0.3 is 10.1 Å². The monoisotopic (exact) mass is 227 g/mol. The third kappa shape index (κ3) is 2.16.